The summed E-state index contributed by atoms with van der Waals surface area (Å²) in [7, 11) is 0. The smallest absolute Gasteiger partial charge is 0.0881 e. The Morgan fingerprint density at radius 2 is 2.35 bits per heavy atom. The molecule has 0 bridgehead atoms. The van der Waals surface area contributed by atoms with Gasteiger partial charge in [0.1, 0.15) is 0 Å². The molecule has 2 aromatic rings. The molecule has 0 amide bonds. The van der Waals surface area contributed by atoms with Gasteiger partial charge < -0.3 is 10.1 Å². The third-order valence-corrected chi connectivity index (χ3v) is 5.24. The molecular formula is C16H21N3O. The van der Waals surface area contributed by atoms with Crippen LogP contribution in [0.1, 0.15) is 32.6 Å². The van der Waals surface area contributed by atoms with E-state index in [4.69, 9.17) is 4.74 Å². The molecule has 4 heteroatoms. The summed E-state index contributed by atoms with van der Waals surface area (Å²) >= 11 is 0. The fourth-order valence-corrected chi connectivity index (χ4v) is 3.92. The monoisotopic (exact) mass is 271 g/mol. The van der Waals surface area contributed by atoms with E-state index in [2.05, 4.69) is 40.6 Å². The second-order valence-corrected chi connectivity index (χ2v) is 6.10. The molecule has 2 fully saturated rings. The van der Waals surface area contributed by atoms with Gasteiger partial charge >= 0.3 is 0 Å². The van der Waals surface area contributed by atoms with Crippen molar-refractivity contribution in [3.05, 3.63) is 24.4 Å². The molecule has 2 N–H and O–H groups in total. The lowest BCUT2D eigenvalue weighted by Gasteiger charge is -2.61. The highest BCUT2D eigenvalue weighted by Gasteiger charge is 2.58. The summed E-state index contributed by atoms with van der Waals surface area (Å²) in [4.78, 5) is 0. The van der Waals surface area contributed by atoms with Crippen LogP contribution in [0, 0.1) is 5.41 Å². The molecule has 2 atom stereocenters. The molecule has 0 radical (unpaired) electrons. The van der Waals surface area contributed by atoms with Gasteiger partial charge in [0.05, 0.1) is 23.5 Å². The second kappa shape index (κ2) is 4.48. The van der Waals surface area contributed by atoms with Crippen molar-refractivity contribution in [3.8, 4) is 0 Å². The number of hydrogen-bond donors (Lipinski definition) is 2. The average Bonchev–Trinajstić information content (AvgIpc) is 2.84. The summed E-state index contributed by atoms with van der Waals surface area (Å²) in [5.41, 5.74) is 2.67. The van der Waals surface area contributed by atoms with Crippen molar-refractivity contribution in [2.45, 2.75) is 44.8 Å². The first kappa shape index (κ1) is 12.2. The van der Waals surface area contributed by atoms with E-state index in [1.54, 1.807) is 0 Å². The van der Waals surface area contributed by atoms with E-state index in [1.807, 2.05) is 6.20 Å². The zero-order valence-corrected chi connectivity index (χ0v) is 11.9. The van der Waals surface area contributed by atoms with Gasteiger partial charge in [0.2, 0.25) is 0 Å². The van der Waals surface area contributed by atoms with E-state index in [0.29, 0.717) is 17.6 Å². The van der Waals surface area contributed by atoms with E-state index >= 15 is 0 Å². The minimum atomic E-state index is 0.387. The molecule has 2 aliphatic carbocycles. The Kier molecular flexibility index (Phi) is 2.74. The number of anilines is 1. The highest BCUT2D eigenvalue weighted by Crippen LogP contribution is 2.58. The van der Waals surface area contributed by atoms with Crippen molar-refractivity contribution < 1.29 is 4.74 Å². The highest BCUT2D eigenvalue weighted by molar-refractivity contribution is 5.90. The predicted molar refractivity (Wildman–Crippen MR) is 79.8 cm³/mol. The fourth-order valence-electron chi connectivity index (χ4n) is 3.92. The Bertz CT molecular complexity index is 617. The van der Waals surface area contributed by atoms with Crippen LogP contribution < -0.4 is 5.32 Å². The minimum Gasteiger partial charge on any atom is -0.380 e. The van der Waals surface area contributed by atoms with Gasteiger partial charge in [-0.05, 0) is 32.3 Å². The van der Waals surface area contributed by atoms with Crippen LogP contribution in [0.3, 0.4) is 0 Å². The van der Waals surface area contributed by atoms with Gasteiger partial charge in [-0.2, -0.15) is 5.10 Å². The maximum atomic E-state index is 5.92. The molecule has 1 spiro atoms. The predicted octanol–water partition coefficient (Wildman–Crippen LogP) is 3.32. The second-order valence-electron chi connectivity index (χ2n) is 6.10. The van der Waals surface area contributed by atoms with Crippen molar-refractivity contribution in [1.29, 1.82) is 0 Å². The maximum absolute atomic E-state index is 5.92. The molecule has 2 aliphatic rings. The lowest BCUT2D eigenvalue weighted by Crippen LogP contribution is -2.64. The molecule has 1 heterocycles. The molecule has 2 saturated carbocycles. The van der Waals surface area contributed by atoms with Gasteiger partial charge in [-0.1, -0.05) is 18.6 Å². The molecule has 4 nitrogen and oxygen atoms in total. The third kappa shape index (κ3) is 1.61. The molecule has 1 aromatic carbocycles. The van der Waals surface area contributed by atoms with E-state index in [0.717, 1.165) is 18.5 Å². The molecule has 4 rings (SSSR count). The van der Waals surface area contributed by atoms with Crippen LogP contribution >= 0.6 is 0 Å². The SMILES string of the molecule is CCOC1CC(Nc2cccc3cn[nH]c23)C12CCC2. The van der Waals surface area contributed by atoms with Crippen molar-refractivity contribution in [3.63, 3.8) is 0 Å². The Labute approximate surface area is 118 Å². The normalized spacial score (nSPS) is 27.2. The molecule has 0 saturated heterocycles. The first-order valence-electron chi connectivity index (χ1n) is 7.64. The number of nitrogens with one attached hydrogen (secondary N) is 2. The van der Waals surface area contributed by atoms with E-state index in [-0.39, 0.29) is 0 Å². The van der Waals surface area contributed by atoms with Crippen LogP contribution in [0.2, 0.25) is 0 Å². The van der Waals surface area contributed by atoms with Crippen LogP contribution in [0.5, 0.6) is 0 Å². The molecule has 0 aliphatic heterocycles. The standard InChI is InChI=1S/C16H21N3O/c1-2-20-14-9-13(16(14)7-4-8-16)18-12-6-3-5-11-10-17-19-15(11)12/h3,5-6,10,13-14,18H,2,4,7-9H2,1H3,(H,17,19). The van der Waals surface area contributed by atoms with Gasteiger partial charge in [0.25, 0.3) is 0 Å². The minimum absolute atomic E-state index is 0.387. The van der Waals surface area contributed by atoms with Gasteiger partial charge in [-0.15, -0.1) is 0 Å². The highest BCUT2D eigenvalue weighted by atomic mass is 16.5. The van der Waals surface area contributed by atoms with Crippen LogP contribution in [-0.4, -0.2) is 29.0 Å². The van der Waals surface area contributed by atoms with Crippen LogP contribution in [-0.2, 0) is 4.74 Å². The molecule has 1 aromatic heterocycles. The van der Waals surface area contributed by atoms with Gasteiger partial charge in [0.15, 0.2) is 0 Å². The van der Waals surface area contributed by atoms with E-state index in [1.165, 1.54) is 30.3 Å². The van der Waals surface area contributed by atoms with E-state index < -0.39 is 0 Å². The summed E-state index contributed by atoms with van der Waals surface area (Å²) in [6, 6.07) is 6.86. The first-order chi connectivity index (χ1) is 9.83. The van der Waals surface area contributed by atoms with Crippen molar-refractivity contribution >= 4 is 16.6 Å². The largest absolute Gasteiger partial charge is 0.380 e. The number of aromatic nitrogens is 2. The summed E-state index contributed by atoms with van der Waals surface area (Å²) in [5, 5.41) is 12.1. The number of hydrogen-bond acceptors (Lipinski definition) is 3. The molecule has 20 heavy (non-hydrogen) atoms. The summed E-state index contributed by atoms with van der Waals surface area (Å²) < 4.78 is 5.92. The fraction of sp³-hybridized carbons (Fsp3) is 0.562. The van der Waals surface area contributed by atoms with E-state index in [9.17, 15) is 0 Å². The zero-order valence-electron chi connectivity index (χ0n) is 11.9. The summed E-state index contributed by atoms with van der Waals surface area (Å²) in [5.74, 6) is 0. The summed E-state index contributed by atoms with van der Waals surface area (Å²) in [6.45, 7) is 2.92. The molecule has 106 valence electrons. The Balaban J connectivity index is 1.56. The number of ether oxygens (including phenoxy) is 1. The quantitative estimate of drug-likeness (QED) is 0.897. The van der Waals surface area contributed by atoms with Crippen molar-refractivity contribution in [2.24, 2.45) is 5.41 Å². The Morgan fingerprint density at radius 3 is 3.10 bits per heavy atom. The number of para-hydroxylation sites is 1. The van der Waals surface area contributed by atoms with Gasteiger partial charge in [0, 0.05) is 23.4 Å². The lowest BCUT2D eigenvalue weighted by molar-refractivity contribution is -0.157. The Hall–Kier alpha value is -1.55. The first-order valence-corrected chi connectivity index (χ1v) is 7.64. The number of aromatic amines is 1. The number of benzene rings is 1. The van der Waals surface area contributed by atoms with Crippen LogP contribution in [0.15, 0.2) is 24.4 Å². The van der Waals surface area contributed by atoms with Crippen molar-refractivity contribution in [2.75, 3.05) is 11.9 Å². The van der Waals surface area contributed by atoms with Crippen LogP contribution in [0.4, 0.5) is 5.69 Å². The Morgan fingerprint density at radius 1 is 1.45 bits per heavy atom. The van der Waals surface area contributed by atoms with Crippen LogP contribution in [0.25, 0.3) is 10.9 Å². The number of nitrogens with zero attached hydrogens (tertiary/aromatic N) is 1. The number of fused-ring (bicyclic) bond motifs is 1. The van der Waals surface area contributed by atoms with Crippen molar-refractivity contribution in [1.82, 2.24) is 10.2 Å². The third-order valence-electron chi connectivity index (χ3n) is 5.24. The maximum Gasteiger partial charge on any atom is 0.0881 e. The van der Waals surface area contributed by atoms with Gasteiger partial charge in [-0.3, -0.25) is 5.10 Å². The number of rotatable bonds is 4. The molecular weight excluding hydrogens is 250 g/mol. The summed E-state index contributed by atoms with van der Waals surface area (Å²) in [6.07, 6.45) is 7.40. The number of H-pyrrole nitrogens is 1. The molecule has 2 unspecified atom stereocenters. The average molecular weight is 271 g/mol. The zero-order chi connectivity index (χ0) is 13.6. The topological polar surface area (TPSA) is 49.9 Å². The van der Waals surface area contributed by atoms with Gasteiger partial charge in [-0.25, -0.2) is 0 Å². The lowest BCUT2D eigenvalue weighted by atomic mass is 9.51.